The minimum absolute atomic E-state index is 0.118. The van der Waals surface area contributed by atoms with Gasteiger partial charge in [-0.05, 0) is 62.3 Å². The second kappa shape index (κ2) is 10.9. The molecule has 0 saturated carbocycles. The predicted molar refractivity (Wildman–Crippen MR) is 146 cm³/mol. The molecule has 0 radical (unpaired) electrons. The second-order valence-corrected chi connectivity index (χ2v) is 10.1. The number of methoxy groups -OCH3 is 2. The SMILES string of the molecule is COc1ccc(OC)c2nc(N(C)C)c(CN(Cc3ccc4c(c3)OCO4)C(=O)[C@@H]3CCCCN3C)cc12. The molecule has 2 aliphatic heterocycles. The molecule has 202 valence electrons. The fourth-order valence-corrected chi connectivity index (χ4v) is 5.36. The molecule has 0 bridgehead atoms. The van der Waals surface area contributed by atoms with E-state index in [9.17, 15) is 4.79 Å². The zero-order valence-corrected chi connectivity index (χ0v) is 22.8. The van der Waals surface area contributed by atoms with Crippen LogP contribution < -0.4 is 23.8 Å². The van der Waals surface area contributed by atoms with Crippen LogP contribution in [0, 0.1) is 0 Å². The Morgan fingerprint density at radius 2 is 1.79 bits per heavy atom. The van der Waals surface area contributed by atoms with Crippen LogP contribution in [-0.2, 0) is 17.9 Å². The molecule has 9 nitrogen and oxygen atoms in total. The standard InChI is InChI=1S/C29H36N4O5/c1-31(2)28-20(15-21-23(35-4)11-12-25(36-5)27(21)30-28)17-33(29(34)22-8-6-7-13-32(22)3)16-19-9-10-24-26(14-19)38-18-37-24/h9-12,14-15,22H,6-8,13,16-18H2,1-5H3/t22-/m0/s1. The summed E-state index contributed by atoms with van der Waals surface area (Å²) in [7, 11) is 9.25. The Balaban J connectivity index is 1.56. The maximum atomic E-state index is 14.1. The predicted octanol–water partition coefficient (Wildman–Crippen LogP) is 4.06. The smallest absolute Gasteiger partial charge is 0.240 e. The Morgan fingerprint density at radius 3 is 2.53 bits per heavy atom. The molecule has 5 rings (SSSR count). The number of rotatable bonds is 8. The van der Waals surface area contributed by atoms with Crippen molar-refractivity contribution in [3.8, 4) is 23.0 Å². The van der Waals surface area contributed by atoms with Gasteiger partial charge in [0.1, 0.15) is 22.8 Å². The fourth-order valence-electron chi connectivity index (χ4n) is 5.36. The van der Waals surface area contributed by atoms with Crippen molar-refractivity contribution in [3.05, 3.63) is 47.5 Å². The van der Waals surface area contributed by atoms with Gasteiger partial charge >= 0.3 is 0 Å². The molecule has 0 spiro atoms. The summed E-state index contributed by atoms with van der Waals surface area (Å²) in [6.07, 6.45) is 3.02. The van der Waals surface area contributed by atoms with Gasteiger partial charge in [0.15, 0.2) is 11.5 Å². The van der Waals surface area contributed by atoms with Gasteiger partial charge in [0.05, 0.1) is 20.3 Å². The lowest BCUT2D eigenvalue weighted by molar-refractivity contribution is -0.139. The van der Waals surface area contributed by atoms with Crippen LogP contribution >= 0.6 is 0 Å². The minimum Gasteiger partial charge on any atom is -0.496 e. The number of likely N-dealkylation sites (N-methyl/N-ethyl adjacent to an activating group) is 1. The zero-order valence-electron chi connectivity index (χ0n) is 22.8. The number of hydrogen-bond acceptors (Lipinski definition) is 8. The van der Waals surface area contributed by atoms with Crippen LogP contribution in [0.4, 0.5) is 5.82 Å². The van der Waals surface area contributed by atoms with E-state index in [1.165, 1.54) is 0 Å². The lowest BCUT2D eigenvalue weighted by Gasteiger charge is -2.36. The van der Waals surface area contributed by atoms with Crippen molar-refractivity contribution >= 4 is 22.6 Å². The van der Waals surface area contributed by atoms with Crippen LogP contribution in [0.5, 0.6) is 23.0 Å². The number of piperidine rings is 1. The van der Waals surface area contributed by atoms with E-state index in [0.717, 1.165) is 59.4 Å². The average molecular weight is 521 g/mol. The Kier molecular flexibility index (Phi) is 7.46. The van der Waals surface area contributed by atoms with Crippen molar-refractivity contribution in [2.45, 2.75) is 38.4 Å². The molecule has 1 atom stereocenters. The van der Waals surface area contributed by atoms with Gasteiger partial charge in [0, 0.05) is 38.1 Å². The number of amides is 1. The lowest BCUT2D eigenvalue weighted by atomic mass is 10.0. The first-order chi connectivity index (χ1) is 18.4. The second-order valence-electron chi connectivity index (χ2n) is 10.1. The number of likely N-dealkylation sites (tertiary alicyclic amines) is 1. The molecule has 3 heterocycles. The van der Waals surface area contributed by atoms with Crippen LogP contribution in [0.15, 0.2) is 36.4 Å². The van der Waals surface area contributed by atoms with E-state index in [0.29, 0.717) is 30.3 Å². The number of pyridine rings is 1. The molecule has 2 aromatic carbocycles. The molecule has 1 aromatic heterocycles. The topological polar surface area (TPSA) is 76.6 Å². The van der Waals surface area contributed by atoms with E-state index in [1.54, 1.807) is 14.2 Å². The quantitative estimate of drug-likeness (QED) is 0.440. The Bertz CT molecular complexity index is 1330. The number of hydrogen-bond donors (Lipinski definition) is 0. The van der Waals surface area contributed by atoms with E-state index in [1.807, 2.05) is 61.3 Å². The maximum absolute atomic E-state index is 14.1. The number of aromatic nitrogens is 1. The van der Waals surface area contributed by atoms with Crippen molar-refractivity contribution in [2.24, 2.45) is 0 Å². The van der Waals surface area contributed by atoms with E-state index < -0.39 is 0 Å². The van der Waals surface area contributed by atoms with Gasteiger partial charge in [-0.25, -0.2) is 4.98 Å². The Morgan fingerprint density at radius 1 is 1.03 bits per heavy atom. The van der Waals surface area contributed by atoms with E-state index in [4.69, 9.17) is 23.9 Å². The van der Waals surface area contributed by atoms with Crippen LogP contribution in [0.2, 0.25) is 0 Å². The normalized spacial score (nSPS) is 16.9. The Hall–Kier alpha value is -3.72. The van der Waals surface area contributed by atoms with E-state index in [2.05, 4.69) is 11.0 Å². The van der Waals surface area contributed by atoms with Gasteiger partial charge in [-0.1, -0.05) is 12.5 Å². The van der Waals surface area contributed by atoms with Gasteiger partial charge in [0.25, 0.3) is 0 Å². The first-order valence-corrected chi connectivity index (χ1v) is 13.0. The molecule has 1 saturated heterocycles. The number of nitrogens with zero attached hydrogens (tertiary/aromatic N) is 4. The Labute approximate surface area is 223 Å². The van der Waals surface area contributed by atoms with Crippen molar-refractivity contribution in [1.29, 1.82) is 0 Å². The third-order valence-corrected chi connectivity index (χ3v) is 7.37. The lowest BCUT2D eigenvalue weighted by Crippen LogP contribution is -2.48. The molecule has 1 fully saturated rings. The first-order valence-electron chi connectivity index (χ1n) is 13.0. The van der Waals surface area contributed by atoms with Crippen molar-refractivity contribution in [3.63, 3.8) is 0 Å². The van der Waals surface area contributed by atoms with Crippen LogP contribution in [0.1, 0.15) is 30.4 Å². The number of benzene rings is 2. The van der Waals surface area contributed by atoms with Crippen LogP contribution in [-0.4, -0.2) is 75.4 Å². The van der Waals surface area contributed by atoms with Gasteiger partial charge < -0.3 is 28.7 Å². The zero-order chi connectivity index (χ0) is 26.8. The minimum atomic E-state index is -0.149. The molecule has 1 amide bonds. The first kappa shape index (κ1) is 25.9. The number of fused-ring (bicyclic) bond motifs is 2. The third kappa shape index (κ3) is 5.03. The van der Waals surface area contributed by atoms with Crippen LogP contribution in [0.3, 0.4) is 0 Å². The average Bonchev–Trinajstić information content (AvgIpc) is 3.39. The van der Waals surface area contributed by atoms with E-state index >= 15 is 0 Å². The summed E-state index contributed by atoms with van der Waals surface area (Å²) in [5.41, 5.74) is 2.64. The highest BCUT2D eigenvalue weighted by molar-refractivity contribution is 5.92. The molecule has 0 unspecified atom stereocenters. The maximum Gasteiger partial charge on any atom is 0.240 e. The molecule has 9 heteroatoms. The summed E-state index contributed by atoms with van der Waals surface area (Å²) in [6, 6.07) is 11.5. The summed E-state index contributed by atoms with van der Waals surface area (Å²) in [4.78, 5) is 25.1. The van der Waals surface area contributed by atoms with Gasteiger partial charge in [0.2, 0.25) is 12.7 Å². The number of carbonyl (C=O) groups excluding carboxylic acids is 1. The summed E-state index contributed by atoms with van der Waals surface area (Å²) in [6.45, 7) is 1.98. The van der Waals surface area contributed by atoms with E-state index in [-0.39, 0.29) is 18.7 Å². The molecular formula is C29H36N4O5. The highest BCUT2D eigenvalue weighted by Crippen LogP contribution is 2.37. The fraction of sp³-hybridized carbons (Fsp3) is 0.448. The van der Waals surface area contributed by atoms with Crippen molar-refractivity contribution < 1.29 is 23.7 Å². The highest BCUT2D eigenvalue weighted by Gasteiger charge is 2.31. The van der Waals surface area contributed by atoms with Gasteiger partial charge in [-0.3, -0.25) is 9.69 Å². The summed E-state index contributed by atoms with van der Waals surface area (Å²) in [5, 5.41) is 0.845. The number of ether oxygens (including phenoxy) is 4. The molecule has 2 aliphatic rings. The molecular weight excluding hydrogens is 484 g/mol. The molecule has 0 N–H and O–H groups in total. The third-order valence-electron chi connectivity index (χ3n) is 7.37. The van der Waals surface area contributed by atoms with Crippen molar-refractivity contribution in [1.82, 2.24) is 14.8 Å². The van der Waals surface area contributed by atoms with Gasteiger partial charge in [-0.15, -0.1) is 0 Å². The van der Waals surface area contributed by atoms with Crippen molar-refractivity contribution in [2.75, 3.05) is 53.6 Å². The monoisotopic (exact) mass is 520 g/mol. The van der Waals surface area contributed by atoms with Gasteiger partial charge in [-0.2, -0.15) is 0 Å². The molecule has 38 heavy (non-hydrogen) atoms. The summed E-state index contributed by atoms with van der Waals surface area (Å²) >= 11 is 0. The molecule has 0 aliphatic carbocycles. The van der Waals surface area contributed by atoms with Crippen LogP contribution in [0.25, 0.3) is 10.9 Å². The number of carbonyl (C=O) groups is 1. The number of anilines is 1. The summed E-state index contributed by atoms with van der Waals surface area (Å²) < 4.78 is 22.4. The largest absolute Gasteiger partial charge is 0.496 e. The highest BCUT2D eigenvalue weighted by atomic mass is 16.7. The summed E-state index contributed by atoms with van der Waals surface area (Å²) in [5.74, 6) is 3.72. The molecule has 3 aromatic rings.